The lowest BCUT2D eigenvalue weighted by Crippen LogP contribution is -2.12. The monoisotopic (exact) mass is 286 g/mol. The molecule has 0 amide bonds. The van der Waals surface area contributed by atoms with E-state index < -0.39 is 11.7 Å². The number of rotatable bonds is 1. The van der Waals surface area contributed by atoms with Crippen LogP contribution in [0.3, 0.4) is 0 Å². The Labute approximate surface area is 112 Å². The quantitative estimate of drug-likeness (QED) is 0.718. The average Bonchev–Trinajstić information content (AvgIpc) is 2.24. The molecule has 0 aliphatic heterocycles. The molecule has 1 aromatic carbocycles. The summed E-state index contributed by atoms with van der Waals surface area (Å²) >= 11 is 5.83. The number of hydrogen-bond donors (Lipinski definition) is 0. The second-order valence-corrected chi connectivity index (χ2v) is 5.07. The molecule has 1 saturated carbocycles. The van der Waals surface area contributed by atoms with Gasteiger partial charge in [0.2, 0.25) is 5.28 Å². The molecule has 0 unspecified atom stereocenters. The van der Waals surface area contributed by atoms with Crippen LogP contribution in [0.1, 0.15) is 36.4 Å². The van der Waals surface area contributed by atoms with E-state index >= 15 is 0 Å². The van der Waals surface area contributed by atoms with Crippen LogP contribution in [0.4, 0.5) is 13.2 Å². The predicted molar refractivity (Wildman–Crippen MR) is 66.1 cm³/mol. The van der Waals surface area contributed by atoms with Gasteiger partial charge in [0, 0.05) is 11.3 Å². The highest BCUT2D eigenvalue weighted by Crippen LogP contribution is 2.40. The van der Waals surface area contributed by atoms with Gasteiger partial charge in [-0.2, -0.15) is 13.2 Å². The molecule has 1 aromatic heterocycles. The molecule has 1 aliphatic rings. The van der Waals surface area contributed by atoms with E-state index in [0.29, 0.717) is 16.6 Å². The van der Waals surface area contributed by atoms with E-state index in [1.807, 2.05) is 0 Å². The van der Waals surface area contributed by atoms with E-state index in [9.17, 15) is 13.2 Å². The van der Waals surface area contributed by atoms with Gasteiger partial charge in [0.1, 0.15) is 0 Å². The number of hydrogen-bond acceptors (Lipinski definition) is 2. The third-order valence-electron chi connectivity index (χ3n) is 3.52. The van der Waals surface area contributed by atoms with E-state index in [0.717, 1.165) is 31.4 Å². The van der Waals surface area contributed by atoms with Gasteiger partial charge in [-0.05, 0) is 42.6 Å². The molecule has 0 N–H and O–H groups in total. The number of fused-ring (bicyclic) bond motifs is 1. The minimum atomic E-state index is -4.36. The van der Waals surface area contributed by atoms with Crippen LogP contribution in [0.15, 0.2) is 18.2 Å². The fourth-order valence-electron chi connectivity index (χ4n) is 2.29. The van der Waals surface area contributed by atoms with Gasteiger partial charge in [-0.25, -0.2) is 9.97 Å². The molecule has 1 aliphatic carbocycles. The number of halogens is 4. The summed E-state index contributed by atoms with van der Waals surface area (Å²) in [6.45, 7) is 0. The number of benzene rings is 1. The van der Waals surface area contributed by atoms with Crippen molar-refractivity contribution in [3.8, 4) is 0 Å². The fraction of sp³-hybridized carbons (Fsp3) is 0.385. The van der Waals surface area contributed by atoms with E-state index in [4.69, 9.17) is 11.6 Å². The molecule has 6 heteroatoms. The highest BCUT2D eigenvalue weighted by atomic mass is 35.5. The van der Waals surface area contributed by atoms with Crippen molar-refractivity contribution in [2.45, 2.75) is 31.4 Å². The second-order valence-electron chi connectivity index (χ2n) is 4.74. The van der Waals surface area contributed by atoms with Crippen molar-refractivity contribution in [3.05, 3.63) is 34.7 Å². The van der Waals surface area contributed by atoms with Crippen molar-refractivity contribution in [2.75, 3.05) is 0 Å². The molecule has 2 aromatic rings. The van der Waals surface area contributed by atoms with E-state index in [2.05, 4.69) is 9.97 Å². The van der Waals surface area contributed by atoms with Gasteiger partial charge in [-0.3, -0.25) is 0 Å². The highest BCUT2D eigenvalue weighted by Gasteiger charge is 2.32. The first-order valence-corrected chi connectivity index (χ1v) is 6.37. The van der Waals surface area contributed by atoms with Crippen molar-refractivity contribution in [2.24, 2.45) is 0 Å². The molecular formula is C13H10ClF3N2. The Bertz CT molecular complexity index is 636. The second kappa shape index (κ2) is 4.34. The molecule has 0 bridgehead atoms. The summed E-state index contributed by atoms with van der Waals surface area (Å²) < 4.78 is 38.3. The molecule has 19 heavy (non-hydrogen) atoms. The molecule has 100 valence electrons. The topological polar surface area (TPSA) is 25.8 Å². The summed E-state index contributed by atoms with van der Waals surface area (Å²) in [5.41, 5.74) is 0.439. The third-order valence-corrected chi connectivity index (χ3v) is 3.69. The van der Waals surface area contributed by atoms with Gasteiger partial charge in [0.05, 0.1) is 16.8 Å². The number of aromatic nitrogens is 2. The van der Waals surface area contributed by atoms with Crippen molar-refractivity contribution in [1.29, 1.82) is 0 Å². The van der Waals surface area contributed by atoms with Crippen LogP contribution < -0.4 is 0 Å². The molecule has 0 spiro atoms. The van der Waals surface area contributed by atoms with Crippen molar-refractivity contribution in [1.82, 2.24) is 9.97 Å². The molecular weight excluding hydrogens is 277 g/mol. The normalized spacial score (nSPS) is 16.6. The first kappa shape index (κ1) is 12.7. The molecule has 1 heterocycles. The Morgan fingerprint density at radius 1 is 1.16 bits per heavy atom. The van der Waals surface area contributed by atoms with Crippen LogP contribution in [0.2, 0.25) is 5.28 Å². The Hall–Kier alpha value is -1.36. The summed E-state index contributed by atoms with van der Waals surface area (Å²) in [5.74, 6) is 0.200. The maximum atomic E-state index is 12.8. The lowest BCUT2D eigenvalue weighted by molar-refractivity contribution is -0.137. The summed E-state index contributed by atoms with van der Waals surface area (Å²) in [4.78, 5) is 8.12. The minimum Gasteiger partial charge on any atom is -0.222 e. The van der Waals surface area contributed by atoms with Gasteiger partial charge in [-0.1, -0.05) is 6.42 Å². The molecule has 0 atom stereocenters. The van der Waals surface area contributed by atoms with Crippen molar-refractivity contribution >= 4 is 22.5 Å². The number of alkyl halides is 3. The van der Waals surface area contributed by atoms with Gasteiger partial charge in [0.15, 0.2) is 0 Å². The van der Waals surface area contributed by atoms with Crippen LogP contribution >= 0.6 is 11.6 Å². The standard InChI is InChI=1S/C13H10ClF3N2/c14-12-18-10-5-4-8(13(15,16)17)6-9(10)11(19-12)7-2-1-3-7/h4-7H,1-3H2. The SMILES string of the molecule is FC(F)(F)c1ccc2nc(Cl)nc(C3CCC3)c2c1. The molecule has 0 radical (unpaired) electrons. The molecule has 1 fully saturated rings. The lowest BCUT2D eigenvalue weighted by atomic mass is 9.81. The highest BCUT2D eigenvalue weighted by molar-refractivity contribution is 6.28. The fourth-order valence-corrected chi connectivity index (χ4v) is 2.47. The zero-order valence-corrected chi connectivity index (χ0v) is 10.6. The van der Waals surface area contributed by atoms with Crippen molar-refractivity contribution in [3.63, 3.8) is 0 Å². The summed E-state index contributed by atoms with van der Waals surface area (Å²) in [6.07, 6.45) is -1.39. The first-order chi connectivity index (χ1) is 8.95. The first-order valence-electron chi connectivity index (χ1n) is 5.99. The van der Waals surface area contributed by atoms with Gasteiger partial charge in [-0.15, -0.1) is 0 Å². The summed E-state index contributed by atoms with van der Waals surface area (Å²) in [6, 6.07) is 3.50. The predicted octanol–water partition coefficient (Wildman–Crippen LogP) is 4.57. The largest absolute Gasteiger partial charge is 0.416 e. The zero-order valence-electron chi connectivity index (χ0n) is 9.84. The molecule has 2 nitrogen and oxygen atoms in total. The van der Waals surface area contributed by atoms with Gasteiger partial charge in [0.25, 0.3) is 0 Å². The van der Waals surface area contributed by atoms with Crippen LogP contribution in [-0.2, 0) is 6.18 Å². The van der Waals surface area contributed by atoms with Crippen molar-refractivity contribution < 1.29 is 13.2 Å². The van der Waals surface area contributed by atoms with Crippen LogP contribution in [0.25, 0.3) is 10.9 Å². The Morgan fingerprint density at radius 3 is 2.47 bits per heavy atom. The maximum absolute atomic E-state index is 12.8. The zero-order chi connectivity index (χ0) is 13.6. The lowest BCUT2D eigenvalue weighted by Gasteiger charge is -2.26. The minimum absolute atomic E-state index is 0.0918. The third kappa shape index (κ3) is 2.27. The van der Waals surface area contributed by atoms with Gasteiger partial charge >= 0.3 is 6.18 Å². The molecule has 0 saturated heterocycles. The van der Waals surface area contributed by atoms with Gasteiger partial charge < -0.3 is 0 Å². The van der Waals surface area contributed by atoms with Crippen LogP contribution in [0.5, 0.6) is 0 Å². The Kier molecular flexibility index (Phi) is 2.89. The Morgan fingerprint density at radius 2 is 1.89 bits per heavy atom. The Balaban J connectivity index is 2.22. The maximum Gasteiger partial charge on any atom is 0.416 e. The van der Waals surface area contributed by atoms with E-state index in [1.54, 1.807) is 0 Å². The molecule has 3 rings (SSSR count). The summed E-state index contributed by atoms with van der Waals surface area (Å²) in [5, 5.41) is 0.554. The van der Waals surface area contributed by atoms with Crippen LogP contribution in [-0.4, -0.2) is 9.97 Å². The smallest absolute Gasteiger partial charge is 0.222 e. The van der Waals surface area contributed by atoms with Crippen LogP contribution in [0, 0.1) is 0 Å². The number of nitrogens with zero attached hydrogens (tertiary/aromatic N) is 2. The van der Waals surface area contributed by atoms with E-state index in [-0.39, 0.29) is 11.2 Å². The average molecular weight is 287 g/mol. The van der Waals surface area contributed by atoms with E-state index in [1.165, 1.54) is 6.07 Å². The summed E-state index contributed by atoms with van der Waals surface area (Å²) in [7, 11) is 0.